The van der Waals surface area contributed by atoms with E-state index < -0.39 is 11.9 Å². The molecule has 1 aromatic rings. The van der Waals surface area contributed by atoms with Crippen LogP contribution in [-0.4, -0.2) is 49.2 Å². The average molecular weight is 293 g/mol. The third-order valence-corrected chi connectivity index (χ3v) is 3.65. The van der Waals surface area contributed by atoms with Crippen LogP contribution >= 0.6 is 0 Å². The molecule has 1 N–H and O–H groups in total. The molecule has 1 fully saturated rings. The van der Waals surface area contributed by atoms with Crippen molar-refractivity contribution in [3.05, 3.63) is 23.8 Å². The minimum atomic E-state index is -0.908. The summed E-state index contributed by atoms with van der Waals surface area (Å²) in [5.74, 6) is -0.204. The Morgan fingerprint density at radius 3 is 2.38 bits per heavy atom. The van der Waals surface area contributed by atoms with Gasteiger partial charge in [-0.3, -0.25) is 9.59 Å². The fraction of sp³-hybridized carbons (Fsp3) is 0.467. The lowest BCUT2D eigenvalue weighted by atomic mass is 10.1. The second-order valence-corrected chi connectivity index (χ2v) is 5.05. The average Bonchev–Trinajstić information content (AvgIpc) is 2.86. The van der Waals surface area contributed by atoms with Gasteiger partial charge in [-0.15, -0.1) is 0 Å². The number of carboxylic acid groups (broad SMARTS) is 1. The third-order valence-electron chi connectivity index (χ3n) is 3.65. The van der Waals surface area contributed by atoms with Gasteiger partial charge in [0.25, 0.3) is 0 Å². The molecule has 0 aromatic heterocycles. The summed E-state index contributed by atoms with van der Waals surface area (Å²) in [6.07, 6.45) is 0.725. The number of carbonyl (C=O) groups excluding carboxylic acids is 1. The number of benzene rings is 1. The maximum absolute atomic E-state index is 11.8. The summed E-state index contributed by atoms with van der Waals surface area (Å²) in [5, 5.41) is 8.96. The number of likely N-dealkylation sites (tertiary alicyclic amines) is 1. The number of aliphatic carboxylic acids is 1. The topological polar surface area (TPSA) is 76.1 Å². The van der Waals surface area contributed by atoms with Crippen LogP contribution in [0.3, 0.4) is 0 Å². The van der Waals surface area contributed by atoms with E-state index in [1.165, 1.54) is 0 Å². The first kappa shape index (κ1) is 15.2. The number of methoxy groups -OCH3 is 2. The highest BCUT2D eigenvalue weighted by Gasteiger charge is 2.33. The molecule has 1 atom stereocenters. The number of carbonyl (C=O) groups is 2. The summed E-state index contributed by atoms with van der Waals surface area (Å²) in [6, 6.07) is 5.56. The molecular formula is C15H19NO5. The molecule has 2 rings (SSSR count). The van der Waals surface area contributed by atoms with E-state index in [-0.39, 0.29) is 18.9 Å². The first-order chi connectivity index (χ1) is 10.0. The highest BCUT2D eigenvalue weighted by molar-refractivity contribution is 5.86. The first-order valence-electron chi connectivity index (χ1n) is 6.76. The molecule has 0 saturated carbocycles. The van der Waals surface area contributed by atoms with E-state index in [0.717, 1.165) is 5.56 Å². The number of hydrogen-bond acceptors (Lipinski definition) is 4. The van der Waals surface area contributed by atoms with Crippen molar-refractivity contribution in [1.82, 2.24) is 4.90 Å². The zero-order chi connectivity index (χ0) is 15.4. The van der Waals surface area contributed by atoms with Gasteiger partial charge < -0.3 is 19.5 Å². The molecule has 114 valence electrons. The lowest BCUT2D eigenvalue weighted by molar-refractivity contribution is -0.141. The number of carboxylic acids is 1. The lowest BCUT2D eigenvalue weighted by Gasteiger charge is -2.16. The minimum Gasteiger partial charge on any atom is -0.497 e. The Bertz CT molecular complexity index is 521. The summed E-state index contributed by atoms with van der Waals surface area (Å²) < 4.78 is 10.4. The summed E-state index contributed by atoms with van der Waals surface area (Å²) in [7, 11) is 3.17. The molecule has 1 aromatic carbocycles. The van der Waals surface area contributed by atoms with Crippen LogP contribution in [0, 0.1) is 5.92 Å². The quantitative estimate of drug-likeness (QED) is 0.852. The second kappa shape index (κ2) is 6.47. The second-order valence-electron chi connectivity index (χ2n) is 5.05. The van der Waals surface area contributed by atoms with Gasteiger partial charge in [-0.25, -0.2) is 0 Å². The summed E-state index contributed by atoms with van der Waals surface area (Å²) in [6.45, 7) is 0.786. The molecule has 6 heteroatoms. The van der Waals surface area contributed by atoms with Crippen molar-refractivity contribution < 1.29 is 24.2 Å². The van der Waals surface area contributed by atoms with E-state index >= 15 is 0 Å². The highest BCUT2D eigenvalue weighted by Crippen LogP contribution is 2.24. The number of hydrogen-bond donors (Lipinski definition) is 1. The van der Waals surface area contributed by atoms with E-state index in [4.69, 9.17) is 14.6 Å². The van der Waals surface area contributed by atoms with E-state index in [2.05, 4.69) is 0 Å². The predicted molar refractivity (Wildman–Crippen MR) is 75.6 cm³/mol. The van der Waals surface area contributed by atoms with Crippen LogP contribution in [0.15, 0.2) is 18.2 Å². The van der Waals surface area contributed by atoms with Crippen LogP contribution < -0.4 is 9.47 Å². The third kappa shape index (κ3) is 3.65. The van der Waals surface area contributed by atoms with Crippen LogP contribution in [0.25, 0.3) is 0 Å². The molecule has 1 heterocycles. The smallest absolute Gasteiger partial charge is 0.308 e. The van der Waals surface area contributed by atoms with Gasteiger partial charge in [0.1, 0.15) is 11.5 Å². The van der Waals surface area contributed by atoms with E-state index in [9.17, 15) is 9.59 Å². The Hall–Kier alpha value is -2.24. The molecule has 0 bridgehead atoms. The normalized spacial score (nSPS) is 17.9. The van der Waals surface area contributed by atoms with Gasteiger partial charge in [-0.05, 0) is 24.1 Å². The Kier molecular flexibility index (Phi) is 4.67. The van der Waals surface area contributed by atoms with Crippen molar-refractivity contribution >= 4 is 11.9 Å². The van der Waals surface area contributed by atoms with Gasteiger partial charge >= 0.3 is 5.97 Å². The molecule has 1 aliphatic rings. The first-order valence-corrected chi connectivity index (χ1v) is 6.76. The minimum absolute atomic E-state index is 0.0940. The van der Waals surface area contributed by atoms with Crippen molar-refractivity contribution in [1.29, 1.82) is 0 Å². The van der Waals surface area contributed by atoms with Gasteiger partial charge in [-0.2, -0.15) is 0 Å². The van der Waals surface area contributed by atoms with Gasteiger partial charge in [0, 0.05) is 25.6 Å². The van der Waals surface area contributed by atoms with Crippen molar-refractivity contribution in [2.45, 2.75) is 12.8 Å². The maximum Gasteiger partial charge on any atom is 0.308 e. The molecule has 21 heavy (non-hydrogen) atoms. The highest BCUT2D eigenvalue weighted by atomic mass is 16.5. The van der Waals surface area contributed by atoms with Crippen molar-refractivity contribution in [2.24, 2.45) is 5.92 Å². The SMILES string of the molecule is COc1cc(CCN2C[C@H](C(=O)O)CC2=O)cc(OC)c1. The zero-order valence-electron chi connectivity index (χ0n) is 12.2. The maximum atomic E-state index is 11.8. The van der Waals surface area contributed by atoms with Crippen LogP contribution in [0.2, 0.25) is 0 Å². The van der Waals surface area contributed by atoms with Crippen molar-refractivity contribution in [3.8, 4) is 11.5 Å². The Balaban J connectivity index is 2.00. The Labute approximate surface area is 123 Å². The van der Waals surface area contributed by atoms with Gasteiger partial charge in [-0.1, -0.05) is 0 Å². The largest absolute Gasteiger partial charge is 0.497 e. The van der Waals surface area contributed by atoms with Crippen LogP contribution in [0.5, 0.6) is 11.5 Å². The van der Waals surface area contributed by atoms with Gasteiger partial charge in [0.15, 0.2) is 0 Å². The fourth-order valence-electron chi connectivity index (χ4n) is 2.43. The predicted octanol–water partition coefficient (Wildman–Crippen LogP) is 1.18. The monoisotopic (exact) mass is 293 g/mol. The fourth-order valence-corrected chi connectivity index (χ4v) is 2.43. The van der Waals surface area contributed by atoms with Crippen molar-refractivity contribution in [2.75, 3.05) is 27.3 Å². The summed E-state index contributed by atoms with van der Waals surface area (Å²) in [5.41, 5.74) is 0.984. The molecule has 0 aliphatic carbocycles. The van der Waals surface area contributed by atoms with Crippen LogP contribution in [0.4, 0.5) is 0 Å². The van der Waals surface area contributed by atoms with E-state index in [0.29, 0.717) is 24.5 Å². The molecule has 1 amide bonds. The molecule has 0 unspecified atom stereocenters. The van der Waals surface area contributed by atoms with Crippen LogP contribution in [-0.2, 0) is 16.0 Å². The van der Waals surface area contributed by atoms with E-state index in [1.54, 1.807) is 25.2 Å². The Morgan fingerprint density at radius 1 is 1.29 bits per heavy atom. The summed E-state index contributed by atoms with van der Waals surface area (Å²) in [4.78, 5) is 24.3. The molecule has 6 nitrogen and oxygen atoms in total. The number of nitrogens with zero attached hydrogens (tertiary/aromatic N) is 1. The zero-order valence-corrected chi connectivity index (χ0v) is 12.2. The Morgan fingerprint density at radius 2 is 1.90 bits per heavy atom. The molecule has 0 radical (unpaired) electrons. The lowest BCUT2D eigenvalue weighted by Crippen LogP contribution is -2.28. The number of ether oxygens (including phenoxy) is 2. The summed E-state index contributed by atoms with van der Waals surface area (Å²) >= 11 is 0. The molecule has 0 spiro atoms. The standard InChI is InChI=1S/C15H19NO5/c1-20-12-5-10(6-13(8-12)21-2)3-4-16-9-11(15(18)19)7-14(16)17/h5-6,8,11H,3-4,7,9H2,1-2H3,(H,18,19)/t11-/m1/s1. The number of rotatable bonds is 6. The number of amides is 1. The molecule has 1 aliphatic heterocycles. The molecular weight excluding hydrogens is 274 g/mol. The van der Waals surface area contributed by atoms with Crippen LogP contribution in [0.1, 0.15) is 12.0 Å². The van der Waals surface area contributed by atoms with E-state index in [1.807, 2.05) is 12.1 Å². The molecule has 1 saturated heterocycles. The van der Waals surface area contributed by atoms with Gasteiger partial charge in [0.05, 0.1) is 20.1 Å². The van der Waals surface area contributed by atoms with Crippen molar-refractivity contribution in [3.63, 3.8) is 0 Å². The van der Waals surface area contributed by atoms with Gasteiger partial charge in [0.2, 0.25) is 5.91 Å².